The van der Waals surface area contributed by atoms with E-state index in [-0.39, 0.29) is 0 Å². The topological polar surface area (TPSA) is 17.0 Å². The van der Waals surface area contributed by atoms with Crippen LogP contribution >= 0.6 is 0 Å². The van der Waals surface area contributed by atoms with Crippen LogP contribution in [0.1, 0.15) is 15.2 Å². The van der Waals surface area contributed by atoms with Gasteiger partial charge in [0.15, 0.2) is 6.20 Å². The molecule has 2 heterocycles. The second-order valence-electron chi connectivity index (χ2n) is 6.81. The zero-order chi connectivity index (χ0) is 20.3. The van der Waals surface area contributed by atoms with Crippen molar-refractivity contribution < 1.29 is 13.1 Å². The highest BCUT2D eigenvalue weighted by Gasteiger charge is 2.22. The maximum absolute atomic E-state index is 7.68. The zero-order valence-electron chi connectivity index (χ0n) is 17.7. The first kappa shape index (κ1) is 12.3. The second kappa shape index (κ2) is 5.43. The first-order chi connectivity index (χ1) is 13.8. The number of nitrogens with zero attached hydrogens (tertiary/aromatic N) is 1. The van der Waals surface area contributed by atoms with E-state index in [1.807, 2.05) is 42.9 Å². The minimum atomic E-state index is -2.12. The summed E-state index contributed by atoms with van der Waals surface area (Å²) in [4.78, 5) is 0. The van der Waals surface area contributed by atoms with E-state index in [0.29, 0.717) is 5.56 Å². The molecule has 126 valence electrons. The number of pyridine rings is 1. The number of benzene rings is 3. The van der Waals surface area contributed by atoms with Gasteiger partial charge in [-0.2, -0.15) is 4.57 Å². The van der Waals surface area contributed by atoms with Gasteiger partial charge in [-0.25, -0.2) is 0 Å². The summed E-state index contributed by atoms with van der Waals surface area (Å²) in [6, 6.07) is 19.8. The lowest BCUT2D eigenvalue weighted by molar-refractivity contribution is -0.659. The van der Waals surface area contributed by atoms with Gasteiger partial charge in [0.2, 0.25) is 5.58 Å². The summed E-state index contributed by atoms with van der Waals surface area (Å²) in [5.41, 5.74) is 4.86. The van der Waals surface area contributed by atoms with Crippen LogP contribution in [0.15, 0.2) is 71.3 Å². The third kappa shape index (κ3) is 2.08. The highest BCUT2D eigenvalue weighted by atomic mass is 16.3. The number of furan rings is 1. The molecule has 26 heavy (non-hydrogen) atoms. The van der Waals surface area contributed by atoms with Crippen LogP contribution in [0.2, 0.25) is 0 Å². The maximum Gasteiger partial charge on any atom is 0.256 e. The molecular weight excluding hydrogens is 318 g/mol. The fourth-order valence-electron chi connectivity index (χ4n) is 3.85. The van der Waals surface area contributed by atoms with Crippen LogP contribution in [-0.4, -0.2) is 0 Å². The second-order valence-corrected chi connectivity index (χ2v) is 6.81. The Balaban J connectivity index is 1.85. The van der Waals surface area contributed by atoms with Gasteiger partial charge in [-0.1, -0.05) is 48.0 Å². The summed E-state index contributed by atoms with van der Waals surface area (Å²) >= 11 is 0. The van der Waals surface area contributed by atoms with Crippen LogP contribution in [0, 0.1) is 13.8 Å². The number of hydrogen-bond donors (Lipinski definition) is 0. The van der Waals surface area contributed by atoms with Gasteiger partial charge in [-0.15, -0.1) is 0 Å². The van der Waals surface area contributed by atoms with Crippen LogP contribution in [0.5, 0.6) is 0 Å². The minimum absolute atomic E-state index is 0.351. The first-order valence-electron chi connectivity index (χ1n) is 10.2. The van der Waals surface area contributed by atoms with Crippen LogP contribution in [0.25, 0.3) is 44.0 Å². The van der Waals surface area contributed by atoms with Crippen molar-refractivity contribution in [3.8, 4) is 11.3 Å². The number of fused-ring (bicyclic) bond motifs is 5. The predicted molar refractivity (Wildman–Crippen MR) is 107 cm³/mol. The molecule has 0 aliphatic rings. The van der Waals surface area contributed by atoms with Crippen molar-refractivity contribution in [1.82, 2.24) is 0 Å². The standard InChI is InChI=1S/C24H20NO/c1-15-8-10-18(16(2)14-15)22-24-21(12-13-25(22)3)20-11-9-17-6-4-5-7-19(17)23(20)26-24/h4-14H,1-3H3/q+1/i1D3. The Bertz CT molecular complexity index is 1410. The van der Waals surface area contributed by atoms with Crippen LogP contribution in [0.4, 0.5) is 0 Å². The van der Waals surface area contributed by atoms with Gasteiger partial charge in [0, 0.05) is 26.3 Å². The number of aryl methyl sites for hydroxylation is 3. The van der Waals surface area contributed by atoms with Gasteiger partial charge in [0.25, 0.3) is 5.69 Å². The molecule has 0 aliphatic carbocycles. The summed E-state index contributed by atoms with van der Waals surface area (Å²) in [7, 11) is 1.98. The molecule has 0 N–H and O–H groups in total. The molecule has 2 nitrogen and oxygen atoms in total. The minimum Gasteiger partial charge on any atom is -0.448 e. The Labute approximate surface area is 156 Å². The molecule has 0 unspecified atom stereocenters. The summed E-state index contributed by atoms with van der Waals surface area (Å²) < 4.78 is 31.5. The molecule has 0 saturated heterocycles. The third-order valence-corrected chi connectivity index (χ3v) is 5.13. The molecule has 0 bridgehead atoms. The van der Waals surface area contributed by atoms with Crippen molar-refractivity contribution in [2.45, 2.75) is 13.8 Å². The molecule has 3 aromatic carbocycles. The van der Waals surface area contributed by atoms with E-state index in [2.05, 4.69) is 30.3 Å². The number of rotatable bonds is 1. The van der Waals surface area contributed by atoms with E-state index in [1.54, 1.807) is 12.1 Å². The lowest BCUT2D eigenvalue weighted by atomic mass is 10.0. The number of aromatic nitrogens is 1. The van der Waals surface area contributed by atoms with Crippen molar-refractivity contribution in [2.24, 2.45) is 7.05 Å². The Morgan fingerprint density at radius 3 is 2.58 bits per heavy atom. The average molecular weight is 341 g/mol. The highest BCUT2D eigenvalue weighted by Crippen LogP contribution is 2.37. The van der Waals surface area contributed by atoms with E-state index < -0.39 is 6.85 Å². The van der Waals surface area contributed by atoms with E-state index in [4.69, 9.17) is 8.53 Å². The zero-order valence-corrected chi connectivity index (χ0v) is 14.7. The quantitative estimate of drug-likeness (QED) is 0.350. The fraction of sp³-hybridized carbons (Fsp3) is 0.125. The lowest BCUT2D eigenvalue weighted by Gasteiger charge is -2.05. The van der Waals surface area contributed by atoms with E-state index in [0.717, 1.165) is 49.5 Å². The van der Waals surface area contributed by atoms with Crippen molar-refractivity contribution in [3.63, 3.8) is 0 Å². The molecule has 0 fully saturated rings. The molecule has 0 radical (unpaired) electrons. The molecule has 0 atom stereocenters. The highest BCUT2D eigenvalue weighted by molar-refractivity contribution is 6.16. The Morgan fingerprint density at radius 2 is 1.73 bits per heavy atom. The largest absolute Gasteiger partial charge is 0.448 e. The molecular formula is C24H20NO+. The van der Waals surface area contributed by atoms with Crippen molar-refractivity contribution in [2.75, 3.05) is 0 Å². The van der Waals surface area contributed by atoms with Gasteiger partial charge in [-0.05, 0) is 36.9 Å². The molecule has 0 spiro atoms. The monoisotopic (exact) mass is 341 g/mol. The van der Waals surface area contributed by atoms with E-state index in [1.165, 1.54) is 0 Å². The smallest absolute Gasteiger partial charge is 0.256 e. The van der Waals surface area contributed by atoms with Gasteiger partial charge in [0.1, 0.15) is 12.6 Å². The normalized spacial score (nSPS) is 13.8. The van der Waals surface area contributed by atoms with Crippen LogP contribution in [-0.2, 0) is 7.05 Å². The molecule has 0 aliphatic heterocycles. The van der Waals surface area contributed by atoms with Crippen molar-refractivity contribution in [1.29, 1.82) is 0 Å². The first-order valence-corrected chi connectivity index (χ1v) is 8.69. The van der Waals surface area contributed by atoms with Crippen LogP contribution in [0.3, 0.4) is 0 Å². The van der Waals surface area contributed by atoms with Crippen LogP contribution < -0.4 is 4.57 Å². The van der Waals surface area contributed by atoms with Gasteiger partial charge < -0.3 is 4.42 Å². The SMILES string of the molecule is [2H]C([2H])([2H])c1ccc(-c2c3oc4c5ccccc5ccc4c3cc[n+]2C)c(C)c1. The average Bonchev–Trinajstić information content (AvgIpc) is 3.07. The fourth-order valence-corrected chi connectivity index (χ4v) is 3.85. The summed E-state index contributed by atoms with van der Waals surface area (Å²) in [5, 5.41) is 4.36. The Morgan fingerprint density at radius 1 is 0.885 bits per heavy atom. The molecule has 0 saturated carbocycles. The summed E-state index contributed by atoms with van der Waals surface area (Å²) in [5.74, 6) is 0. The predicted octanol–water partition coefficient (Wildman–Crippen LogP) is 5.85. The third-order valence-electron chi connectivity index (χ3n) is 5.13. The van der Waals surface area contributed by atoms with Crippen molar-refractivity contribution >= 4 is 32.7 Å². The molecule has 2 heteroatoms. The Hall–Kier alpha value is -3.13. The van der Waals surface area contributed by atoms with Gasteiger partial charge >= 0.3 is 0 Å². The summed E-state index contributed by atoms with van der Waals surface area (Å²) in [6.45, 7) is -0.169. The molecule has 2 aromatic heterocycles. The molecule has 5 aromatic rings. The molecule has 5 rings (SSSR count). The van der Waals surface area contributed by atoms with Gasteiger partial charge in [-0.3, -0.25) is 0 Å². The van der Waals surface area contributed by atoms with E-state index in [9.17, 15) is 0 Å². The lowest BCUT2D eigenvalue weighted by Crippen LogP contribution is -2.30. The van der Waals surface area contributed by atoms with Crippen molar-refractivity contribution in [3.05, 3.63) is 78.0 Å². The van der Waals surface area contributed by atoms with Gasteiger partial charge in [0.05, 0.1) is 5.56 Å². The Kier molecular flexibility index (Phi) is 2.56. The maximum atomic E-state index is 7.68. The molecule has 0 amide bonds. The summed E-state index contributed by atoms with van der Waals surface area (Å²) in [6.07, 6.45) is 2.03. The van der Waals surface area contributed by atoms with E-state index >= 15 is 0 Å². The number of hydrogen-bond acceptors (Lipinski definition) is 1.